The van der Waals surface area contributed by atoms with Gasteiger partial charge in [0, 0.05) is 29.0 Å². The van der Waals surface area contributed by atoms with Gasteiger partial charge in [-0.15, -0.1) is 0 Å². The summed E-state index contributed by atoms with van der Waals surface area (Å²) in [5.74, 6) is -0.594. The number of ether oxygens (including phenoxy) is 1. The molecule has 1 aromatic heterocycles. The van der Waals surface area contributed by atoms with Gasteiger partial charge in [-0.25, -0.2) is 4.39 Å². The summed E-state index contributed by atoms with van der Waals surface area (Å²) in [7, 11) is 0. The molecular formula is C28H28FNO4. The molecule has 0 atom stereocenters. The van der Waals surface area contributed by atoms with E-state index in [-0.39, 0.29) is 12.2 Å². The number of carbonyl (C=O) groups is 1. The SMILES string of the molecule is CC(C)(C)O.Cc1c(CC(=O)O)c(-c2ccc3c4c(ccnc24)CCO3)c2ccccc2c1F. The van der Waals surface area contributed by atoms with Gasteiger partial charge in [0.2, 0.25) is 0 Å². The first-order valence-electron chi connectivity index (χ1n) is 11.2. The van der Waals surface area contributed by atoms with Crippen molar-refractivity contribution in [2.24, 2.45) is 0 Å². The van der Waals surface area contributed by atoms with Crippen molar-refractivity contribution in [2.45, 2.75) is 46.1 Å². The Morgan fingerprint density at radius 1 is 1.12 bits per heavy atom. The summed E-state index contributed by atoms with van der Waals surface area (Å²) in [5, 5.41) is 20.1. The lowest BCUT2D eigenvalue weighted by atomic mass is 9.86. The second kappa shape index (κ2) is 9.03. The van der Waals surface area contributed by atoms with Gasteiger partial charge in [0.15, 0.2) is 0 Å². The van der Waals surface area contributed by atoms with Gasteiger partial charge in [0.05, 0.1) is 24.1 Å². The maximum absolute atomic E-state index is 15.1. The van der Waals surface area contributed by atoms with Crippen LogP contribution in [0.25, 0.3) is 32.8 Å². The fourth-order valence-electron chi connectivity index (χ4n) is 4.36. The summed E-state index contributed by atoms with van der Waals surface area (Å²) in [6, 6.07) is 13.0. The van der Waals surface area contributed by atoms with Gasteiger partial charge in [0.1, 0.15) is 11.6 Å². The first kappa shape index (κ1) is 23.6. The van der Waals surface area contributed by atoms with Crippen LogP contribution in [0.4, 0.5) is 4.39 Å². The van der Waals surface area contributed by atoms with Crippen LogP contribution >= 0.6 is 0 Å². The molecule has 0 radical (unpaired) electrons. The van der Waals surface area contributed by atoms with Gasteiger partial charge in [-0.1, -0.05) is 24.3 Å². The minimum absolute atomic E-state index is 0.262. The molecule has 0 saturated carbocycles. The highest BCUT2D eigenvalue weighted by atomic mass is 19.1. The molecular weight excluding hydrogens is 433 g/mol. The van der Waals surface area contributed by atoms with E-state index in [1.54, 1.807) is 46.0 Å². The molecule has 2 N–H and O–H groups in total. The van der Waals surface area contributed by atoms with Crippen molar-refractivity contribution < 1.29 is 24.1 Å². The third kappa shape index (κ3) is 4.59. The normalized spacial score (nSPS) is 12.8. The van der Waals surface area contributed by atoms with Gasteiger partial charge in [-0.3, -0.25) is 9.78 Å². The van der Waals surface area contributed by atoms with Crippen molar-refractivity contribution >= 4 is 27.6 Å². The standard InChI is InChI=1S/C24H18FNO3.C4H10O/c1-13-18(12-20(27)28)22(15-4-2-3-5-16(15)23(13)25)17-6-7-19-21-14(9-11-29-19)8-10-26-24(17)21;1-4(2,3)5/h2-8,10H,9,11-12H2,1H3,(H,27,28);5H,1-3H3. The van der Waals surface area contributed by atoms with Crippen LogP contribution in [-0.4, -0.2) is 33.4 Å². The molecule has 0 aliphatic carbocycles. The van der Waals surface area contributed by atoms with Crippen LogP contribution in [0.15, 0.2) is 48.7 Å². The molecule has 5 nitrogen and oxygen atoms in total. The molecule has 0 saturated heterocycles. The van der Waals surface area contributed by atoms with Crippen LogP contribution < -0.4 is 4.74 Å². The van der Waals surface area contributed by atoms with E-state index in [1.165, 1.54) is 0 Å². The fourth-order valence-corrected chi connectivity index (χ4v) is 4.36. The molecule has 0 fully saturated rings. The van der Waals surface area contributed by atoms with Crippen molar-refractivity contribution in [2.75, 3.05) is 6.61 Å². The number of nitrogens with zero attached hydrogens (tertiary/aromatic N) is 1. The van der Waals surface area contributed by atoms with Gasteiger partial charge in [-0.05, 0) is 73.5 Å². The summed E-state index contributed by atoms with van der Waals surface area (Å²) in [5.41, 5.74) is 3.77. The Balaban J connectivity index is 0.000000499. The third-order valence-corrected chi connectivity index (χ3v) is 5.68. The fraction of sp³-hybridized carbons (Fsp3) is 0.286. The number of fused-ring (bicyclic) bond motifs is 1. The first-order chi connectivity index (χ1) is 16.1. The van der Waals surface area contributed by atoms with Gasteiger partial charge in [-0.2, -0.15) is 0 Å². The number of rotatable bonds is 3. The number of carboxylic acids is 1. The number of hydrogen-bond donors (Lipinski definition) is 2. The number of aliphatic hydroxyl groups is 1. The summed E-state index contributed by atoms with van der Waals surface area (Å²) in [4.78, 5) is 16.2. The second-order valence-electron chi connectivity index (χ2n) is 9.48. The lowest BCUT2D eigenvalue weighted by molar-refractivity contribution is -0.136. The van der Waals surface area contributed by atoms with E-state index in [4.69, 9.17) is 9.84 Å². The topological polar surface area (TPSA) is 79.7 Å². The van der Waals surface area contributed by atoms with E-state index in [9.17, 15) is 9.90 Å². The van der Waals surface area contributed by atoms with Crippen LogP contribution in [0.5, 0.6) is 5.75 Å². The predicted octanol–water partition coefficient (Wildman–Crippen LogP) is 5.84. The Morgan fingerprint density at radius 2 is 1.79 bits per heavy atom. The number of halogens is 1. The smallest absolute Gasteiger partial charge is 0.307 e. The summed E-state index contributed by atoms with van der Waals surface area (Å²) < 4.78 is 20.9. The molecule has 176 valence electrons. The zero-order valence-corrected chi connectivity index (χ0v) is 19.8. The van der Waals surface area contributed by atoms with Crippen molar-refractivity contribution in [3.8, 4) is 16.9 Å². The summed E-state index contributed by atoms with van der Waals surface area (Å²) in [6.45, 7) is 7.49. The van der Waals surface area contributed by atoms with Crippen LogP contribution in [0.3, 0.4) is 0 Å². The van der Waals surface area contributed by atoms with Gasteiger partial charge < -0.3 is 14.9 Å². The number of benzene rings is 3. The zero-order valence-electron chi connectivity index (χ0n) is 19.8. The van der Waals surface area contributed by atoms with E-state index in [0.29, 0.717) is 28.5 Å². The maximum atomic E-state index is 15.1. The quantitative estimate of drug-likeness (QED) is 0.401. The highest BCUT2D eigenvalue weighted by Crippen LogP contribution is 2.43. The molecule has 0 unspecified atom stereocenters. The van der Waals surface area contributed by atoms with Crippen molar-refractivity contribution in [1.29, 1.82) is 0 Å². The number of aliphatic carboxylic acids is 1. The predicted molar refractivity (Wildman–Crippen MR) is 132 cm³/mol. The molecule has 0 spiro atoms. The third-order valence-electron chi connectivity index (χ3n) is 5.68. The first-order valence-corrected chi connectivity index (χ1v) is 11.2. The number of carboxylic acid groups (broad SMARTS) is 1. The molecule has 0 bridgehead atoms. The number of aromatic nitrogens is 1. The minimum atomic E-state index is -0.997. The van der Waals surface area contributed by atoms with Crippen molar-refractivity contribution in [1.82, 2.24) is 4.98 Å². The van der Waals surface area contributed by atoms with Crippen LogP contribution in [0.2, 0.25) is 0 Å². The molecule has 6 heteroatoms. The van der Waals surface area contributed by atoms with E-state index < -0.39 is 11.6 Å². The molecule has 0 amide bonds. The Labute approximate surface area is 197 Å². The maximum Gasteiger partial charge on any atom is 0.307 e. The van der Waals surface area contributed by atoms with Crippen molar-refractivity contribution in [3.05, 3.63) is 71.2 Å². The zero-order chi connectivity index (χ0) is 24.6. The average molecular weight is 462 g/mol. The van der Waals surface area contributed by atoms with Crippen LogP contribution in [0.1, 0.15) is 37.5 Å². The number of hydrogen-bond acceptors (Lipinski definition) is 4. The molecule has 2 heterocycles. The molecule has 5 rings (SSSR count). The van der Waals surface area contributed by atoms with Gasteiger partial charge >= 0.3 is 5.97 Å². The average Bonchev–Trinajstić information content (AvgIpc) is 2.77. The number of pyridine rings is 1. The lowest BCUT2D eigenvalue weighted by Crippen LogP contribution is -2.10. The molecule has 1 aliphatic rings. The highest BCUT2D eigenvalue weighted by molar-refractivity contribution is 6.08. The monoisotopic (exact) mass is 461 g/mol. The Kier molecular flexibility index (Phi) is 6.28. The summed E-state index contributed by atoms with van der Waals surface area (Å²) >= 11 is 0. The highest BCUT2D eigenvalue weighted by Gasteiger charge is 2.24. The van der Waals surface area contributed by atoms with E-state index in [0.717, 1.165) is 39.8 Å². The summed E-state index contributed by atoms with van der Waals surface area (Å²) in [6.07, 6.45) is 2.30. The Hall–Kier alpha value is -3.51. The van der Waals surface area contributed by atoms with Crippen LogP contribution in [0, 0.1) is 12.7 Å². The van der Waals surface area contributed by atoms with Crippen molar-refractivity contribution in [3.63, 3.8) is 0 Å². The molecule has 3 aromatic carbocycles. The Morgan fingerprint density at radius 3 is 2.47 bits per heavy atom. The van der Waals surface area contributed by atoms with E-state index in [1.807, 2.05) is 30.3 Å². The molecule has 4 aromatic rings. The van der Waals surface area contributed by atoms with E-state index in [2.05, 4.69) is 4.98 Å². The minimum Gasteiger partial charge on any atom is -0.493 e. The molecule has 34 heavy (non-hydrogen) atoms. The largest absolute Gasteiger partial charge is 0.493 e. The Bertz CT molecular complexity index is 1390. The second-order valence-corrected chi connectivity index (χ2v) is 9.48. The van der Waals surface area contributed by atoms with Gasteiger partial charge in [0.25, 0.3) is 0 Å². The molecule has 1 aliphatic heterocycles. The lowest BCUT2D eigenvalue weighted by Gasteiger charge is -2.22. The van der Waals surface area contributed by atoms with Crippen LogP contribution in [-0.2, 0) is 17.6 Å². The van der Waals surface area contributed by atoms with E-state index >= 15 is 4.39 Å².